The summed E-state index contributed by atoms with van der Waals surface area (Å²) in [6.07, 6.45) is 1.73. The van der Waals surface area contributed by atoms with Crippen LogP contribution in [0.2, 0.25) is 0 Å². The number of piperidine rings is 1. The monoisotopic (exact) mass is 262 g/mol. The normalized spacial score (nSPS) is 16.4. The molecule has 4 heteroatoms. The number of carbonyl (C=O) groups excluding carboxylic acids is 1. The summed E-state index contributed by atoms with van der Waals surface area (Å²) >= 11 is 0. The zero-order valence-corrected chi connectivity index (χ0v) is 11.7. The van der Waals surface area contributed by atoms with Crippen molar-refractivity contribution < 1.29 is 9.53 Å². The van der Waals surface area contributed by atoms with Gasteiger partial charge in [0.25, 0.3) is 0 Å². The number of benzene rings is 1. The molecule has 1 aromatic carbocycles. The molecule has 1 saturated heterocycles. The van der Waals surface area contributed by atoms with E-state index in [0.29, 0.717) is 6.61 Å². The van der Waals surface area contributed by atoms with E-state index in [9.17, 15) is 4.79 Å². The molecule has 1 aliphatic rings. The molecule has 1 aromatic rings. The minimum Gasteiger partial charge on any atom is -0.466 e. The number of anilines is 2. The second-order valence-corrected chi connectivity index (χ2v) is 5.06. The molecule has 1 aliphatic heterocycles. The number of esters is 1. The summed E-state index contributed by atoms with van der Waals surface area (Å²) in [5.41, 5.74) is 8.98. The molecule has 19 heavy (non-hydrogen) atoms. The molecule has 0 radical (unpaired) electrons. The van der Waals surface area contributed by atoms with Gasteiger partial charge in [-0.15, -0.1) is 0 Å². The predicted octanol–water partition coefficient (Wildman–Crippen LogP) is 2.36. The first-order valence-electron chi connectivity index (χ1n) is 6.89. The summed E-state index contributed by atoms with van der Waals surface area (Å²) in [5, 5.41) is 0. The fourth-order valence-electron chi connectivity index (χ4n) is 2.65. The van der Waals surface area contributed by atoms with Crippen LogP contribution in [0.3, 0.4) is 0 Å². The van der Waals surface area contributed by atoms with Gasteiger partial charge in [0, 0.05) is 24.5 Å². The lowest BCUT2D eigenvalue weighted by Gasteiger charge is -2.33. The van der Waals surface area contributed by atoms with Crippen LogP contribution in [0.5, 0.6) is 0 Å². The minimum absolute atomic E-state index is 0.0452. The summed E-state index contributed by atoms with van der Waals surface area (Å²) in [7, 11) is 0. The maximum atomic E-state index is 11.7. The summed E-state index contributed by atoms with van der Waals surface area (Å²) in [4.78, 5) is 14.0. The van der Waals surface area contributed by atoms with Crippen LogP contribution in [0.1, 0.15) is 25.3 Å². The lowest BCUT2D eigenvalue weighted by molar-refractivity contribution is -0.148. The van der Waals surface area contributed by atoms with Crippen LogP contribution in [0, 0.1) is 12.8 Å². The van der Waals surface area contributed by atoms with Crippen molar-refractivity contribution in [3.8, 4) is 0 Å². The first-order valence-corrected chi connectivity index (χ1v) is 6.89. The zero-order valence-electron chi connectivity index (χ0n) is 11.7. The molecular formula is C15H22N2O2. The van der Waals surface area contributed by atoms with Gasteiger partial charge in [-0.25, -0.2) is 0 Å². The number of nitrogens with two attached hydrogens (primary N) is 1. The van der Waals surface area contributed by atoms with E-state index in [1.807, 2.05) is 19.1 Å². The van der Waals surface area contributed by atoms with Crippen molar-refractivity contribution >= 4 is 17.3 Å². The molecule has 2 N–H and O–H groups in total. The van der Waals surface area contributed by atoms with Gasteiger partial charge in [-0.2, -0.15) is 0 Å². The number of carbonyl (C=O) groups is 1. The molecule has 1 heterocycles. The van der Waals surface area contributed by atoms with Crippen molar-refractivity contribution in [2.75, 3.05) is 30.3 Å². The molecule has 0 aromatic heterocycles. The van der Waals surface area contributed by atoms with Crippen LogP contribution in [0.4, 0.5) is 11.4 Å². The molecule has 0 bridgehead atoms. The van der Waals surface area contributed by atoms with Crippen LogP contribution in [0.25, 0.3) is 0 Å². The Morgan fingerprint density at radius 1 is 1.42 bits per heavy atom. The lowest BCUT2D eigenvalue weighted by atomic mass is 9.96. The fourth-order valence-corrected chi connectivity index (χ4v) is 2.65. The van der Waals surface area contributed by atoms with Crippen molar-refractivity contribution in [2.24, 2.45) is 5.92 Å². The van der Waals surface area contributed by atoms with Crippen molar-refractivity contribution in [1.82, 2.24) is 0 Å². The highest BCUT2D eigenvalue weighted by Crippen LogP contribution is 2.27. The first-order chi connectivity index (χ1) is 9.11. The average Bonchev–Trinajstić information content (AvgIpc) is 2.39. The Morgan fingerprint density at radius 3 is 2.68 bits per heavy atom. The van der Waals surface area contributed by atoms with Crippen molar-refractivity contribution in [1.29, 1.82) is 0 Å². The predicted molar refractivity (Wildman–Crippen MR) is 77.2 cm³/mol. The van der Waals surface area contributed by atoms with E-state index in [4.69, 9.17) is 10.5 Å². The highest BCUT2D eigenvalue weighted by Gasteiger charge is 2.26. The number of nitrogens with zero attached hydrogens (tertiary/aromatic N) is 1. The molecule has 0 atom stereocenters. The minimum atomic E-state index is -0.0452. The van der Waals surface area contributed by atoms with Crippen LogP contribution < -0.4 is 10.6 Å². The summed E-state index contributed by atoms with van der Waals surface area (Å²) in [6, 6.07) is 5.99. The van der Waals surface area contributed by atoms with Crippen LogP contribution in [0.15, 0.2) is 18.2 Å². The molecule has 0 amide bonds. The number of aryl methyl sites for hydroxylation is 1. The smallest absolute Gasteiger partial charge is 0.309 e. The third kappa shape index (κ3) is 3.19. The Hall–Kier alpha value is -1.71. The molecule has 2 rings (SSSR count). The van der Waals surface area contributed by atoms with Gasteiger partial charge in [-0.1, -0.05) is 0 Å². The molecule has 0 spiro atoms. The largest absolute Gasteiger partial charge is 0.466 e. The van der Waals surface area contributed by atoms with Gasteiger partial charge in [0.15, 0.2) is 0 Å². The van der Waals surface area contributed by atoms with E-state index in [-0.39, 0.29) is 11.9 Å². The van der Waals surface area contributed by atoms with Gasteiger partial charge in [0.1, 0.15) is 0 Å². The molecule has 1 fully saturated rings. The van der Waals surface area contributed by atoms with Crippen molar-refractivity contribution in [3.05, 3.63) is 23.8 Å². The van der Waals surface area contributed by atoms with Gasteiger partial charge in [-0.05, 0) is 50.5 Å². The maximum absolute atomic E-state index is 11.7. The van der Waals surface area contributed by atoms with Crippen molar-refractivity contribution in [3.63, 3.8) is 0 Å². The van der Waals surface area contributed by atoms with E-state index >= 15 is 0 Å². The number of ether oxygens (including phenoxy) is 1. The Labute approximate surface area is 114 Å². The first kappa shape index (κ1) is 13.7. The number of hydrogen-bond acceptors (Lipinski definition) is 4. The second-order valence-electron chi connectivity index (χ2n) is 5.06. The Balaban J connectivity index is 1.98. The van der Waals surface area contributed by atoms with Gasteiger partial charge in [0.2, 0.25) is 0 Å². The van der Waals surface area contributed by atoms with Gasteiger partial charge < -0.3 is 15.4 Å². The molecule has 0 aliphatic carbocycles. The van der Waals surface area contributed by atoms with Crippen molar-refractivity contribution in [2.45, 2.75) is 26.7 Å². The quantitative estimate of drug-likeness (QED) is 0.671. The third-order valence-electron chi connectivity index (χ3n) is 3.68. The highest BCUT2D eigenvalue weighted by atomic mass is 16.5. The van der Waals surface area contributed by atoms with Gasteiger partial charge in [0.05, 0.1) is 12.5 Å². The second kappa shape index (κ2) is 5.95. The molecular weight excluding hydrogens is 240 g/mol. The molecule has 0 unspecified atom stereocenters. The van der Waals surface area contributed by atoms with Gasteiger partial charge in [-0.3, -0.25) is 4.79 Å². The molecule has 0 saturated carbocycles. The van der Waals surface area contributed by atoms with Crippen LogP contribution in [-0.2, 0) is 9.53 Å². The fraction of sp³-hybridized carbons (Fsp3) is 0.533. The van der Waals surface area contributed by atoms with E-state index in [2.05, 4.69) is 17.9 Å². The van der Waals surface area contributed by atoms with E-state index in [1.54, 1.807) is 0 Å². The summed E-state index contributed by atoms with van der Waals surface area (Å²) < 4.78 is 5.09. The average molecular weight is 262 g/mol. The number of hydrogen-bond donors (Lipinski definition) is 1. The summed E-state index contributed by atoms with van der Waals surface area (Å²) in [6.45, 7) is 6.19. The van der Waals surface area contributed by atoms with Crippen LogP contribution in [-0.4, -0.2) is 25.7 Å². The van der Waals surface area contributed by atoms with E-state index < -0.39 is 0 Å². The highest BCUT2D eigenvalue weighted by molar-refractivity contribution is 5.73. The Kier molecular flexibility index (Phi) is 4.30. The third-order valence-corrected chi connectivity index (χ3v) is 3.68. The number of rotatable bonds is 3. The standard InChI is InChI=1S/C15H22N2O2/c1-3-19-15(18)12-6-8-17(9-7-12)14-5-4-13(16)10-11(14)2/h4-5,10,12H,3,6-9,16H2,1-2H3. The zero-order chi connectivity index (χ0) is 13.8. The topological polar surface area (TPSA) is 55.6 Å². The van der Waals surface area contributed by atoms with Crippen LogP contribution >= 0.6 is 0 Å². The summed E-state index contributed by atoms with van der Waals surface area (Å²) in [5.74, 6) is 0.0152. The Bertz CT molecular complexity index is 451. The van der Waals surface area contributed by atoms with E-state index in [1.165, 1.54) is 11.3 Å². The lowest BCUT2D eigenvalue weighted by Crippen LogP contribution is -2.37. The number of nitrogen functional groups attached to an aromatic ring is 1. The maximum Gasteiger partial charge on any atom is 0.309 e. The van der Waals surface area contributed by atoms with E-state index in [0.717, 1.165) is 31.6 Å². The molecule has 4 nitrogen and oxygen atoms in total. The molecule has 104 valence electrons. The Morgan fingerprint density at radius 2 is 2.11 bits per heavy atom. The van der Waals surface area contributed by atoms with Gasteiger partial charge >= 0.3 is 5.97 Å². The SMILES string of the molecule is CCOC(=O)C1CCN(c2ccc(N)cc2C)CC1.